The van der Waals surface area contributed by atoms with Gasteiger partial charge in [-0.1, -0.05) is 54.1 Å². The third-order valence-corrected chi connectivity index (χ3v) is 5.63. The van der Waals surface area contributed by atoms with Crippen molar-refractivity contribution in [3.63, 3.8) is 0 Å². The minimum Gasteiger partial charge on any atom is -0.481 e. The van der Waals surface area contributed by atoms with Gasteiger partial charge in [-0.05, 0) is 72.7 Å². The van der Waals surface area contributed by atoms with Gasteiger partial charge in [-0.15, -0.1) is 0 Å². The van der Waals surface area contributed by atoms with Gasteiger partial charge in [0.05, 0.1) is 5.41 Å². The van der Waals surface area contributed by atoms with E-state index in [9.17, 15) is 9.90 Å². The molecule has 1 aliphatic rings. The van der Waals surface area contributed by atoms with Gasteiger partial charge >= 0.3 is 5.97 Å². The number of rotatable bonds is 7. The molecule has 0 radical (unpaired) electrons. The Hall–Kier alpha value is -2.78. The van der Waals surface area contributed by atoms with Crippen LogP contribution >= 0.6 is 11.6 Å². The molecule has 3 aromatic rings. The lowest BCUT2D eigenvalue weighted by atomic mass is 9.71. The van der Waals surface area contributed by atoms with Crippen molar-refractivity contribution in [2.45, 2.75) is 24.7 Å². The van der Waals surface area contributed by atoms with Crippen LogP contribution in [0, 0.1) is 5.92 Å². The molecule has 3 aromatic carbocycles. The second-order valence-electron chi connectivity index (χ2n) is 7.30. The van der Waals surface area contributed by atoms with Gasteiger partial charge in [0.2, 0.25) is 0 Å². The third kappa shape index (κ3) is 3.76. The predicted molar refractivity (Wildman–Crippen MR) is 110 cm³/mol. The molecule has 4 heteroatoms. The molecule has 1 fully saturated rings. The molecule has 4 rings (SSSR count). The van der Waals surface area contributed by atoms with Crippen molar-refractivity contribution in [3.8, 4) is 11.5 Å². The Bertz CT molecular complexity index is 965. The number of benzene rings is 3. The maximum atomic E-state index is 12.5. The standard InChI is InChI=1S/C24H21ClO3/c25-20-13-11-19(12-14-20)24(23(26)27,18-9-10-18)16-17-5-4-8-22(15-17)28-21-6-2-1-3-7-21/h1-8,11-15,18H,9-10,16H2,(H,26,27). The highest BCUT2D eigenvalue weighted by molar-refractivity contribution is 6.30. The zero-order chi connectivity index (χ0) is 19.6. The molecule has 0 bridgehead atoms. The summed E-state index contributed by atoms with van der Waals surface area (Å²) in [6.07, 6.45) is 2.27. The van der Waals surface area contributed by atoms with Crippen LogP contribution in [0.4, 0.5) is 0 Å². The molecule has 0 heterocycles. The van der Waals surface area contributed by atoms with Crippen LogP contribution in [-0.2, 0) is 16.6 Å². The van der Waals surface area contributed by atoms with Crippen molar-refractivity contribution in [3.05, 3.63) is 95.0 Å². The van der Waals surface area contributed by atoms with Gasteiger partial charge in [-0.3, -0.25) is 4.79 Å². The number of hydrogen-bond acceptors (Lipinski definition) is 2. The van der Waals surface area contributed by atoms with Gasteiger partial charge < -0.3 is 9.84 Å². The number of ether oxygens (including phenoxy) is 1. The van der Waals surface area contributed by atoms with E-state index >= 15 is 0 Å². The minimum absolute atomic E-state index is 0.130. The van der Waals surface area contributed by atoms with Crippen molar-refractivity contribution in [1.82, 2.24) is 0 Å². The fraction of sp³-hybridized carbons (Fsp3) is 0.208. The van der Waals surface area contributed by atoms with Crippen LogP contribution in [0.3, 0.4) is 0 Å². The Morgan fingerprint density at radius 1 is 0.964 bits per heavy atom. The van der Waals surface area contributed by atoms with Crippen molar-refractivity contribution >= 4 is 17.6 Å². The Kier molecular flexibility index (Phi) is 5.10. The number of halogens is 1. The van der Waals surface area contributed by atoms with Crippen LogP contribution in [0.15, 0.2) is 78.9 Å². The van der Waals surface area contributed by atoms with Gasteiger partial charge in [0, 0.05) is 5.02 Å². The van der Waals surface area contributed by atoms with Crippen LogP contribution in [0.2, 0.25) is 5.02 Å². The maximum Gasteiger partial charge on any atom is 0.314 e. The Morgan fingerprint density at radius 2 is 1.64 bits per heavy atom. The molecule has 1 atom stereocenters. The molecular weight excluding hydrogens is 372 g/mol. The van der Waals surface area contributed by atoms with Crippen molar-refractivity contribution in [2.75, 3.05) is 0 Å². The van der Waals surface area contributed by atoms with Gasteiger partial charge in [-0.25, -0.2) is 0 Å². The summed E-state index contributed by atoms with van der Waals surface area (Å²) in [6, 6.07) is 24.5. The topological polar surface area (TPSA) is 46.5 Å². The highest BCUT2D eigenvalue weighted by atomic mass is 35.5. The molecule has 0 saturated heterocycles. The van der Waals surface area contributed by atoms with Crippen LogP contribution in [0.5, 0.6) is 11.5 Å². The summed E-state index contributed by atoms with van der Waals surface area (Å²) in [5, 5.41) is 10.9. The molecular formula is C24H21ClO3. The summed E-state index contributed by atoms with van der Waals surface area (Å²) in [7, 11) is 0. The number of para-hydroxylation sites is 1. The quantitative estimate of drug-likeness (QED) is 0.527. The van der Waals surface area contributed by atoms with Crippen molar-refractivity contribution < 1.29 is 14.6 Å². The molecule has 142 valence electrons. The molecule has 1 unspecified atom stereocenters. The molecule has 3 nitrogen and oxygen atoms in total. The Morgan fingerprint density at radius 3 is 2.29 bits per heavy atom. The Balaban J connectivity index is 1.67. The van der Waals surface area contributed by atoms with Crippen LogP contribution in [0.1, 0.15) is 24.0 Å². The summed E-state index contributed by atoms with van der Waals surface area (Å²) in [5.41, 5.74) is 0.801. The maximum absolute atomic E-state index is 12.5. The molecule has 28 heavy (non-hydrogen) atoms. The normalized spacial score (nSPS) is 15.6. The first-order valence-electron chi connectivity index (χ1n) is 9.39. The van der Waals surface area contributed by atoms with E-state index in [1.165, 1.54) is 0 Å². The molecule has 1 saturated carbocycles. The predicted octanol–water partition coefficient (Wildman–Crippen LogP) is 6.11. The zero-order valence-electron chi connectivity index (χ0n) is 15.3. The van der Waals surface area contributed by atoms with Crippen molar-refractivity contribution in [1.29, 1.82) is 0 Å². The molecule has 1 aliphatic carbocycles. The van der Waals surface area contributed by atoms with Gasteiger partial charge in [0.15, 0.2) is 0 Å². The van der Waals surface area contributed by atoms with Crippen LogP contribution in [0.25, 0.3) is 0 Å². The zero-order valence-corrected chi connectivity index (χ0v) is 16.1. The second-order valence-corrected chi connectivity index (χ2v) is 7.73. The average molecular weight is 393 g/mol. The van der Waals surface area contributed by atoms with E-state index in [-0.39, 0.29) is 5.92 Å². The smallest absolute Gasteiger partial charge is 0.314 e. The second kappa shape index (κ2) is 7.69. The largest absolute Gasteiger partial charge is 0.481 e. The summed E-state index contributed by atoms with van der Waals surface area (Å²) in [4.78, 5) is 12.5. The van der Waals surface area contributed by atoms with Crippen LogP contribution in [-0.4, -0.2) is 11.1 Å². The Labute approximate surface area is 169 Å². The third-order valence-electron chi connectivity index (χ3n) is 5.38. The minimum atomic E-state index is -0.948. The number of aliphatic carboxylic acids is 1. The first-order chi connectivity index (χ1) is 13.6. The van der Waals surface area contributed by atoms with Crippen LogP contribution < -0.4 is 4.74 Å². The van der Waals surface area contributed by atoms with E-state index in [0.29, 0.717) is 17.2 Å². The SMILES string of the molecule is O=C(O)C(Cc1cccc(Oc2ccccc2)c1)(c1ccc(Cl)cc1)C1CC1. The number of carboxylic acid groups (broad SMARTS) is 1. The molecule has 0 aliphatic heterocycles. The fourth-order valence-electron chi connectivity index (χ4n) is 3.84. The highest BCUT2D eigenvalue weighted by Crippen LogP contribution is 2.50. The first kappa shape index (κ1) is 18.6. The number of carbonyl (C=O) groups is 1. The summed E-state index contributed by atoms with van der Waals surface area (Å²) >= 11 is 6.03. The van der Waals surface area contributed by atoms with Crippen molar-refractivity contribution in [2.24, 2.45) is 5.92 Å². The number of hydrogen-bond donors (Lipinski definition) is 1. The van der Waals surface area contributed by atoms with Gasteiger partial charge in [0.25, 0.3) is 0 Å². The van der Waals surface area contributed by atoms with E-state index in [4.69, 9.17) is 16.3 Å². The average Bonchev–Trinajstić information content (AvgIpc) is 3.53. The lowest BCUT2D eigenvalue weighted by Crippen LogP contribution is -2.40. The highest BCUT2D eigenvalue weighted by Gasteiger charge is 2.52. The lowest BCUT2D eigenvalue weighted by Gasteiger charge is -2.30. The number of carboxylic acids is 1. The summed E-state index contributed by atoms with van der Waals surface area (Å²) < 4.78 is 5.93. The van der Waals surface area contributed by atoms with E-state index in [1.807, 2.05) is 66.7 Å². The van der Waals surface area contributed by atoms with Gasteiger partial charge in [-0.2, -0.15) is 0 Å². The molecule has 1 N–H and O–H groups in total. The summed E-state index contributed by atoms with van der Waals surface area (Å²) in [6.45, 7) is 0. The van der Waals surface area contributed by atoms with E-state index in [0.717, 1.165) is 29.7 Å². The van der Waals surface area contributed by atoms with Gasteiger partial charge in [0.1, 0.15) is 11.5 Å². The van der Waals surface area contributed by atoms with E-state index in [2.05, 4.69) is 0 Å². The first-order valence-corrected chi connectivity index (χ1v) is 9.77. The molecule has 0 amide bonds. The monoisotopic (exact) mass is 392 g/mol. The van der Waals surface area contributed by atoms with E-state index < -0.39 is 11.4 Å². The molecule has 0 spiro atoms. The molecule has 0 aromatic heterocycles. The summed E-state index contributed by atoms with van der Waals surface area (Å²) in [5.74, 6) is 0.801. The van der Waals surface area contributed by atoms with E-state index in [1.54, 1.807) is 12.1 Å². The fourth-order valence-corrected chi connectivity index (χ4v) is 3.97. The lowest BCUT2D eigenvalue weighted by molar-refractivity contribution is -0.144.